The van der Waals surface area contributed by atoms with E-state index in [-0.39, 0.29) is 26.4 Å². The highest BCUT2D eigenvalue weighted by Gasteiger charge is 2.28. The van der Waals surface area contributed by atoms with Crippen LogP contribution < -0.4 is 4.74 Å². The van der Waals surface area contributed by atoms with E-state index in [9.17, 15) is 19.8 Å². The van der Waals surface area contributed by atoms with Gasteiger partial charge in [0.2, 0.25) is 0 Å². The van der Waals surface area contributed by atoms with Crippen molar-refractivity contribution in [2.75, 3.05) is 33.0 Å². The van der Waals surface area contributed by atoms with Crippen LogP contribution in [0, 0.1) is 11.3 Å². The number of ether oxygens (including phenoxy) is 3. The highest BCUT2D eigenvalue weighted by atomic mass is 16.5. The van der Waals surface area contributed by atoms with Gasteiger partial charge in [-0.05, 0) is 176 Å². The van der Waals surface area contributed by atoms with Gasteiger partial charge >= 0.3 is 11.9 Å². The second kappa shape index (κ2) is 27.3. The lowest BCUT2D eigenvalue weighted by Gasteiger charge is -2.30. The Morgan fingerprint density at radius 1 is 0.588 bits per heavy atom. The highest BCUT2D eigenvalue weighted by Crippen LogP contribution is 2.40. The molecule has 4 aromatic carbocycles. The predicted octanol–water partition coefficient (Wildman–Crippen LogP) is 14.3. The fourth-order valence-corrected chi connectivity index (χ4v) is 10.1. The molecule has 0 spiro atoms. The molecular formula is C61H82O7. The van der Waals surface area contributed by atoms with Crippen LogP contribution in [0.5, 0.6) is 5.75 Å². The van der Waals surface area contributed by atoms with Gasteiger partial charge < -0.3 is 24.4 Å². The molecule has 7 heteroatoms. The van der Waals surface area contributed by atoms with Crippen LogP contribution in [0.15, 0.2) is 97.1 Å². The summed E-state index contributed by atoms with van der Waals surface area (Å²) in [7, 11) is 0. The Hall–Kier alpha value is -4.98. The summed E-state index contributed by atoms with van der Waals surface area (Å²) in [5.74, 6) is 1.51. The minimum Gasteiger partial charge on any atom is -0.493 e. The molecule has 68 heavy (non-hydrogen) atoms. The third-order valence-corrected chi connectivity index (χ3v) is 14.3. The van der Waals surface area contributed by atoms with Crippen molar-refractivity contribution in [2.45, 2.75) is 157 Å². The number of unbranched alkanes of at least 4 members (excludes halogenated alkanes) is 2. The van der Waals surface area contributed by atoms with Crippen molar-refractivity contribution in [1.82, 2.24) is 0 Å². The van der Waals surface area contributed by atoms with Crippen molar-refractivity contribution in [1.29, 1.82) is 0 Å². The standard InChI is InChI=1S/C61H82O7/c1-9-13-14-17-45-20-22-48(23-21-45)49-24-26-50(27-25-49)56-30-28-51(37-46(56)11-3)52-29-31-57(47(12-4)38-52)55-39-53(18-15-34-67-59(64)43(5)6)58(66-36-33-61(41-62,42-63)32-10-2)54(40-55)19-16-35-68-60(65)44(7)8/h24-31,37-40,45,48,62-63H,5,7,9-23,32-36,41-42H2,1-4,6,8H3. The maximum absolute atomic E-state index is 12.3. The van der Waals surface area contributed by atoms with Crippen molar-refractivity contribution in [3.8, 4) is 39.1 Å². The molecule has 0 saturated heterocycles. The molecule has 0 aromatic heterocycles. The minimum absolute atomic E-state index is 0.130. The molecule has 1 aliphatic rings. The van der Waals surface area contributed by atoms with E-state index >= 15 is 0 Å². The summed E-state index contributed by atoms with van der Waals surface area (Å²) in [5.41, 5.74) is 13.2. The van der Waals surface area contributed by atoms with Gasteiger partial charge in [-0.2, -0.15) is 0 Å². The molecule has 1 saturated carbocycles. The minimum atomic E-state index is -0.643. The van der Waals surface area contributed by atoms with Crippen LogP contribution in [0.4, 0.5) is 0 Å². The zero-order chi connectivity index (χ0) is 49.1. The molecule has 0 unspecified atom stereocenters. The summed E-state index contributed by atoms with van der Waals surface area (Å²) >= 11 is 0. The van der Waals surface area contributed by atoms with Gasteiger partial charge in [-0.25, -0.2) is 9.59 Å². The number of hydrogen-bond donors (Lipinski definition) is 2. The van der Waals surface area contributed by atoms with E-state index in [1.54, 1.807) is 13.8 Å². The number of carbonyl (C=O) groups is 2. The Kier molecular flexibility index (Phi) is 21.6. The molecule has 368 valence electrons. The SMILES string of the molecule is C=C(C)C(=O)OCCCc1cc(-c2ccc(-c3ccc(-c4ccc(C5CCC(CCCCC)CC5)cc4)c(CC)c3)cc2CC)cc(CCCOC(=O)C(=C)C)c1OCCC(CO)(CO)CCC. The molecule has 0 heterocycles. The molecule has 0 radical (unpaired) electrons. The van der Waals surface area contributed by atoms with Crippen LogP contribution in [0.3, 0.4) is 0 Å². The van der Waals surface area contributed by atoms with Crippen LogP contribution in [-0.4, -0.2) is 55.2 Å². The van der Waals surface area contributed by atoms with Gasteiger partial charge in [-0.1, -0.05) is 134 Å². The number of aryl methyl sites for hydroxylation is 4. The van der Waals surface area contributed by atoms with E-state index < -0.39 is 17.4 Å². The average molecular weight is 927 g/mol. The van der Waals surface area contributed by atoms with Crippen molar-refractivity contribution in [3.63, 3.8) is 0 Å². The van der Waals surface area contributed by atoms with E-state index in [0.717, 1.165) is 53.2 Å². The number of benzene rings is 4. The third kappa shape index (κ3) is 15.0. The predicted molar refractivity (Wildman–Crippen MR) is 280 cm³/mol. The second-order valence-corrected chi connectivity index (χ2v) is 19.6. The van der Waals surface area contributed by atoms with Gasteiger partial charge in [-0.3, -0.25) is 0 Å². The van der Waals surface area contributed by atoms with Crippen LogP contribution >= 0.6 is 0 Å². The summed E-state index contributed by atoms with van der Waals surface area (Å²) in [4.78, 5) is 24.6. The summed E-state index contributed by atoms with van der Waals surface area (Å²) in [6.07, 6.45) is 16.9. The molecule has 1 fully saturated rings. The van der Waals surface area contributed by atoms with Gasteiger partial charge in [0.1, 0.15) is 5.75 Å². The first-order valence-corrected chi connectivity index (χ1v) is 25.9. The lowest BCUT2D eigenvalue weighted by molar-refractivity contribution is -0.139. The van der Waals surface area contributed by atoms with Gasteiger partial charge in [0.05, 0.1) is 33.0 Å². The lowest BCUT2D eigenvalue weighted by Crippen LogP contribution is -2.31. The van der Waals surface area contributed by atoms with Crippen molar-refractivity contribution in [2.24, 2.45) is 11.3 Å². The summed E-state index contributed by atoms with van der Waals surface area (Å²) in [6.45, 7) is 20.0. The Labute approximate surface area is 409 Å². The molecule has 5 rings (SSSR count). The maximum Gasteiger partial charge on any atom is 0.333 e. The van der Waals surface area contributed by atoms with E-state index in [2.05, 4.69) is 107 Å². The van der Waals surface area contributed by atoms with Crippen LogP contribution in [0.2, 0.25) is 0 Å². The first-order chi connectivity index (χ1) is 32.9. The van der Waals surface area contributed by atoms with Crippen molar-refractivity contribution in [3.05, 3.63) is 125 Å². The summed E-state index contributed by atoms with van der Waals surface area (Å²) in [5, 5.41) is 20.6. The van der Waals surface area contributed by atoms with Gasteiger partial charge in [-0.15, -0.1) is 0 Å². The zero-order valence-corrected chi connectivity index (χ0v) is 42.5. The maximum atomic E-state index is 12.3. The molecule has 4 aromatic rings. The number of esters is 2. The number of aliphatic hydroxyl groups is 2. The number of hydrogen-bond acceptors (Lipinski definition) is 7. The first-order valence-electron chi connectivity index (χ1n) is 25.9. The lowest BCUT2D eigenvalue weighted by atomic mass is 9.77. The normalized spacial score (nSPS) is 14.9. The zero-order valence-electron chi connectivity index (χ0n) is 42.5. The summed E-state index contributed by atoms with van der Waals surface area (Å²) in [6, 6.07) is 27.6. The first kappa shape index (κ1) is 54.0. The topological polar surface area (TPSA) is 102 Å². The second-order valence-electron chi connectivity index (χ2n) is 19.6. The number of aliphatic hydroxyl groups excluding tert-OH is 2. The Morgan fingerprint density at radius 2 is 1.09 bits per heavy atom. The number of carbonyl (C=O) groups excluding carboxylic acids is 2. The largest absolute Gasteiger partial charge is 0.493 e. The molecular weight excluding hydrogens is 845 g/mol. The van der Waals surface area contributed by atoms with Crippen LogP contribution in [0.25, 0.3) is 33.4 Å². The smallest absolute Gasteiger partial charge is 0.333 e. The van der Waals surface area contributed by atoms with Gasteiger partial charge in [0, 0.05) is 16.6 Å². The Bertz CT molecular complexity index is 2200. The molecule has 0 bridgehead atoms. The van der Waals surface area contributed by atoms with Crippen molar-refractivity contribution < 1.29 is 34.0 Å². The van der Waals surface area contributed by atoms with Gasteiger partial charge in [0.25, 0.3) is 0 Å². The molecule has 0 aliphatic heterocycles. The van der Waals surface area contributed by atoms with E-state index in [1.165, 1.54) is 90.3 Å². The fraction of sp³-hybridized carbons (Fsp3) is 0.508. The van der Waals surface area contributed by atoms with Crippen molar-refractivity contribution >= 4 is 11.9 Å². The third-order valence-electron chi connectivity index (χ3n) is 14.3. The molecule has 7 nitrogen and oxygen atoms in total. The number of rotatable bonds is 28. The average Bonchev–Trinajstić information content (AvgIpc) is 3.36. The van der Waals surface area contributed by atoms with Crippen LogP contribution in [0.1, 0.15) is 159 Å². The Balaban J connectivity index is 1.44. The molecule has 2 N–H and O–H groups in total. The van der Waals surface area contributed by atoms with E-state index in [1.807, 2.05) is 6.92 Å². The quantitative estimate of drug-likeness (QED) is 0.0332. The fourth-order valence-electron chi connectivity index (χ4n) is 10.1. The molecule has 1 aliphatic carbocycles. The molecule has 0 atom stereocenters. The van der Waals surface area contributed by atoms with Crippen LogP contribution in [-0.2, 0) is 44.7 Å². The molecule has 0 amide bonds. The van der Waals surface area contributed by atoms with E-state index in [4.69, 9.17) is 14.2 Å². The van der Waals surface area contributed by atoms with E-state index in [0.29, 0.717) is 62.2 Å². The van der Waals surface area contributed by atoms with Gasteiger partial charge in [0.15, 0.2) is 0 Å². The monoisotopic (exact) mass is 927 g/mol. The summed E-state index contributed by atoms with van der Waals surface area (Å²) < 4.78 is 17.7. The highest BCUT2D eigenvalue weighted by molar-refractivity contribution is 5.87. The Morgan fingerprint density at radius 3 is 1.56 bits per heavy atom.